The molecular weight excluding hydrogens is 178 g/mol. The van der Waals surface area contributed by atoms with Gasteiger partial charge in [-0.1, -0.05) is 6.07 Å². The minimum absolute atomic E-state index is 0.0292. The van der Waals surface area contributed by atoms with E-state index in [0.717, 1.165) is 0 Å². The molecule has 0 fully saturated rings. The standard InChI is InChI=1S/C6H5N3O2S/c7-4-5-2-1-3-6(9-5)12(8,10)11/h1-3H,(H2,8,10,11). The Balaban J connectivity index is 3.32. The SMILES string of the molecule is N#Cc1cccc(S(N)(=O)=O)n1. The van der Waals surface area contributed by atoms with Crippen molar-refractivity contribution in [3.63, 3.8) is 0 Å². The first kappa shape index (κ1) is 8.64. The molecule has 12 heavy (non-hydrogen) atoms. The van der Waals surface area contributed by atoms with Crippen molar-refractivity contribution in [1.29, 1.82) is 5.26 Å². The molecule has 0 radical (unpaired) electrons. The van der Waals surface area contributed by atoms with Crippen molar-refractivity contribution in [2.45, 2.75) is 5.03 Å². The zero-order chi connectivity index (χ0) is 9.19. The molecule has 1 heterocycles. The third-order valence-corrected chi connectivity index (χ3v) is 1.94. The summed E-state index contributed by atoms with van der Waals surface area (Å²) in [5, 5.41) is 12.9. The molecule has 2 N–H and O–H groups in total. The summed E-state index contributed by atoms with van der Waals surface area (Å²) in [6.07, 6.45) is 0. The van der Waals surface area contributed by atoms with Crippen LogP contribution in [-0.4, -0.2) is 13.4 Å². The van der Waals surface area contributed by atoms with Crippen LogP contribution in [0.4, 0.5) is 0 Å². The number of nitrogens with two attached hydrogens (primary N) is 1. The second-order valence-corrected chi connectivity index (χ2v) is 3.53. The van der Waals surface area contributed by atoms with E-state index < -0.39 is 10.0 Å². The summed E-state index contributed by atoms with van der Waals surface area (Å²) in [6, 6.07) is 5.75. The van der Waals surface area contributed by atoms with Gasteiger partial charge in [-0.2, -0.15) is 5.26 Å². The number of nitriles is 1. The maximum Gasteiger partial charge on any atom is 0.255 e. The lowest BCUT2D eigenvalue weighted by Gasteiger charge is -1.95. The van der Waals surface area contributed by atoms with Gasteiger partial charge in [-0.05, 0) is 12.1 Å². The average molecular weight is 183 g/mol. The van der Waals surface area contributed by atoms with Gasteiger partial charge in [0, 0.05) is 0 Å². The molecule has 0 aliphatic heterocycles. The van der Waals surface area contributed by atoms with Crippen LogP contribution in [-0.2, 0) is 10.0 Å². The Kier molecular flexibility index (Phi) is 2.08. The Morgan fingerprint density at radius 3 is 2.67 bits per heavy atom. The molecule has 0 aliphatic rings. The number of sulfonamides is 1. The maximum absolute atomic E-state index is 10.7. The molecule has 6 heteroatoms. The highest BCUT2D eigenvalue weighted by Crippen LogP contribution is 2.02. The topological polar surface area (TPSA) is 96.8 Å². The summed E-state index contributed by atoms with van der Waals surface area (Å²) in [5.41, 5.74) is 0.0292. The van der Waals surface area contributed by atoms with E-state index in [-0.39, 0.29) is 10.7 Å². The molecule has 62 valence electrons. The Hall–Kier alpha value is -1.45. The van der Waals surface area contributed by atoms with Crippen LogP contribution < -0.4 is 5.14 Å². The Morgan fingerprint density at radius 1 is 1.50 bits per heavy atom. The second kappa shape index (κ2) is 2.89. The van der Waals surface area contributed by atoms with Gasteiger partial charge in [0.05, 0.1) is 0 Å². The number of aromatic nitrogens is 1. The summed E-state index contributed by atoms with van der Waals surface area (Å²) in [6.45, 7) is 0. The highest BCUT2D eigenvalue weighted by atomic mass is 32.2. The van der Waals surface area contributed by atoms with Gasteiger partial charge in [0.15, 0.2) is 5.03 Å². The van der Waals surface area contributed by atoms with Crippen LogP contribution in [0.25, 0.3) is 0 Å². The van der Waals surface area contributed by atoms with E-state index in [1.54, 1.807) is 6.07 Å². The van der Waals surface area contributed by atoms with Crippen LogP contribution in [0.15, 0.2) is 23.2 Å². The normalized spacial score (nSPS) is 10.7. The van der Waals surface area contributed by atoms with E-state index in [9.17, 15) is 8.42 Å². The van der Waals surface area contributed by atoms with E-state index in [2.05, 4.69) is 4.98 Å². The van der Waals surface area contributed by atoms with Gasteiger partial charge in [-0.25, -0.2) is 18.5 Å². The summed E-state index contributed by atoms with van der Waals surface area (Å²) in [7, 11) is -3.80. The first-order chi connectivity index (χ1) is 5.54. The molecule has 0 aromatic carbocycles. The molecule has 5 nitrogen and oxygen atoms in total. The first-order valence-electron chi connectivity index (χ1n) is 2.94. The van der Waals surface area contributed by atoms with Crippen molar-refractivity contribution < 1.29 is 8.42 Å². The smallest absolute Gasteiger partial charge is 0.224 e. The van der Waals surface area contributed by atoms with Crippen molar-refractivity contribution in [2.24, 2.45) is 5.14 Å². The van der Waals surface area contributed by atoms with Crippen LogP contribution in [0.2, 0.25) is 0 Å². The van der Waals surface area contributed by atoms with Gasteiger partial charge >= 0.3 is 0 Å². The Morgan fingerprint density at radius 2 is 2.17 bits per heavy atom. The molecule has 0 bridgehead atoms. The maximum atomic E-state index is 10.7. The van der Waals surface area contributed by atoms with Gasteiger partial charge in [0.2, 0.25) is 0 Å². The lowest BCUT2D eigenvalue weighted by molar-refractivity contribution is 0.594. The molecule has 1 rings (SSSR count). The third kappa shape index (κ3) is 1.78. The highest BCUT2D eigenvalue weighted by Gasteiger charge is 2.08. The lowest BCUT2D eigenvalue weighted by atomic mass is 10.4. The van der Waals surface area contributed by atoms with Crippen LogP contribution in [0.1, 0.15) is 5.69 Å². The minimum atomic E-state index is -3.80. The monoisotopic (exact) mass is 183 g/mol. The summed E-state index contributed by atoms with van der Waals surface area (Å²) in [4.78, 5) is 3.49. The number of nitrogens with zero attached hydrogens (tertiary/aromatic N) is 2. The fraction of sp³-hybridized carbons (Fsp3) is 0. The zero-order valence-corrected chi connectivity index (χ0v) is 6.75. The van der Waals surface area contributed by atoms with E-state index in [4.69, 9.17) is 10.4 Å². The van der Waals surface area contributed by atoms with Crippen molar-refractivity contribution >= 4 is 10.0 Å². The predicted molar refractivity (Wildman–Crippen MR) is 40.3 cm³/mol. The summed E-state index contributed by atoms with van der Waals surface area (Å²) in [5.74, 6) is 0. The van der Waals surface area contributed by atoms with E-state index >= 15 is 0 Å². The number of pyridine rings is 1. The molecule has 1 aromatic rings. The average Bonchev–Trinajstić information content (AvgIpc) is 2.03. The molecular formula is C6H5N3O2S. The molecule has 0 saturated heterocycles. The van der Waals surface area contributed by atoms with Gasteiger partial charge in [-0.3, -0.25) is 0 Å². The van der Waals surface area contributed by atoms with Crippen molar-refractivity contribution in [2.75, 3.05) is 0 Å². The first-order valence-corrected chi connectivity index (χ1v) is 4.48. The third-order valence-electron chi connectivity index (χ3n) is 1.13. The number of rotatable bonds is 1. The minimum Gasteiger partial charge on any atom is -0.224 e. The van der Waals surface area contributed by atoms with Crippen LogP contribution in [0.3, 0.4) is 0 Å². The molecule has 1 aromatic heterocycles. The van der Waals surface area contributed by atoms with Gasteiger partial charge in [0.25, 0.3) is 10.0 Å². The summed E-state index contributed by atoms with van der Waals surface area (Å²) >= 11 is 0. The highest BCUT2D eigenvalue weighted by molar-refractivity contribution is 7.89. The second-order valence-electron chi connectivity index (χ2n) is 2.02. The van der Waals surface area contributed by atoms with Gasteiger partial charge < -0.3 is 0 Å². The Bertz CT molecular complexity index is 432. The van der Waals surface area contributed by atoms with Gasteiger partial charge in [-0.15, -0.1) is 0 Å². The van der Waals surface area contributed by atoms with E-state index in [0.29, 0.717) is 0 Å². The number of hydrogen-bond acceptors (Lipinski definition) is 4. The summed E-state index contributed by atoms with van der Waals surface area (Å²) < 4.78 is 21.4. The fourth-order valence-electron chi connectivity index (χ4n) is 0.636. The molecule has 0 spiro atoms. The zero-order valence-electron chi connectivity index (χ0n) is 5.93. The molecule has 0 aliphatic carbocycles. The van der Waals surface area contributed by atoms with Crippen LogP contribution >= 0.6 is 0 Å². The fourth-order valence-corrected chi connectivity index (χ4v) is 1.13. The van der Waals surface area contributed by atoms with E-state index in [1.807, 2.05) is 0 Å². The molecule has 0 atom stereocenters. The quantitative estimate of drug-likeness (QED) is 0.640. The van der Waals surface area contributed by atoms with Crippen molar-refractivity contribution in [3.8, 4) is 6.07 Å². The van der Waals surface area contributed by atoms with Crippen LogP contribution in [0.5, 0.6) is 0 Å². The van der Waals surface area contributed by atoms with Gasteiger partial charge in [0.1, 0.15) is 11.8 Å². The Labute approximate surface area is 69.5 Å². The van der Waals surface area contributed by atoms with Crippen molar-refractivity contribution in [1.82, 2.24) is 4.98 Å². The van der Waals surface area contributed by atoms with Crippen LogP contribution in [0, 0.1) is 11.3 Å². The van der Waals surface area contributed by atoms with Crippen molar-refractivity contribution in [3.05, 3.63) is 23.9 Å². The van der Waals surface area contributed by atoms with E-state index in [1.165, 1.54) is 18.2 Å². The largest absolute Gasteiger partial charge is 0.255 e. The predicted octanol–water partition coefficient (Wildman–Crippen LogP) is -0.399. The molecule has 0 unspecified atom stereocenters. The number of hydrogen-bond donors (Lipinski definition) is 1. The molecule has 0 saturated carbocycles. The number of primary sulfonamides is 1. The lowest BCUT2D eigenvalue weighted by Crippen LogP contribution is -2.14. The molecule has 0 amide bonds.